The van der Waals surface area contributed by atoms with E-state index < -0.39 is 0 Å². The Morgan fingerprint density at radius 3 is 2.19 bits per heavy atom. The number of oxazole rings is 1. The SMILES string of the molecule is CC(C)(C)c1nc2occn2c1C(C)(C)C. The predicted molar refractivity (Wildman–Crippen MR) is 64.9 cm³/mol. The molecule has 2 aromatic heterocycles. The number of aromatic nitrogens is 2. The monoisotopic (exact) mass is 220 g/mol. The van der Waals surface area contributed by atoms with Gasteiger partial charge >= 0.3 is 5.84 Å². The van der Waals surface area contributed by atoms with Gasteiger partial charge in [-0.3, -0.25) is 4.40 Å². The molecule has 0 saturated heterocycles. The van der Waals surface area contributed by atoms with E-state index in [0.717, 1.165) is 5.69 Å². The molecule has 3 heteroatoms. The van der Waals surface area contributed by atoms with Gasteiger partial charge in [-0.15, -0.1) is 0 Å². The fourth-order valence-corrected chi connectivity index (χ4v) is 2.03. The number of rotatable bonds is 0. The Balaban J connectivity index is 2.79. The minimum absolute atomic E-state index is 0.0388. The number of nitrogens with zero attached hydrogens (tertiary/aromatic N) is 2. The largest absolute Gasteiger partial charge is 0.432 e. The molecule has 0 bridgehead atoms. The Hall–Kier alpha value is -1.25. The topological polar surface area (TPSA) is 30.4 Å². The van der Waals surface area contributed by atoms with Gasteiger partial charge in [0.15, 0.2) is 0 Å². The van der Waals surface area contributed by atoms with Crippen LogP contribution in [0.1, 0.15) is 52.9 Å². The van der Waals surface area contributed by atoms with Gasteiger partial charge in [0.2, 0.25) is 0 Å². The molecule has 0 fully saturated rings. The fourth-order valence-electron chi connectivity index (χ4n) is 2.03. The normalized spacial score (nSPS) is 13.6. The lowest BCUT2D eigenvalue weighted by Gasteiger charge is -2.25. The van der Waals surface area contributed by atoms with Crippen molar-refractivity contribution in [3.8, 4) is 0 Å². The zero-order chi connectivity index (χ0) is 12.1. The lowest BCUT2D eigenvalue weighted by Crippen LogP contribution is -2.23. The van der Waals surface area contributed by atoms with Crippen molar-refractivity contribution in [1.29, 1.82) is 0 Å². The molecule has 16 heavy (non-hydrogen) atoms. The third-order valence-corrected chi connectivity index (χ3v) is 2.68. The summed E-state index contributed by atoms with van der Waals surface area (Å²) in [6.07, 6.45) is 3.63. The summed E-state index contributed by atoms with van der Waals surface area (Å²) in [4.78, 5) is 4.61. The highest BCUT2D eigenvalue weighted by atomic mass is 16.3. The van der Waals surface area contributed by atoms with Crippen LogP contribution in [0.15, 0.2) is 16.9 Å². The molecule has 0 aromatic carbocycles. The molecule has 0 aliphatic rings. The summed E-state index contributed by atoms with van der Waals surface area (Å²) in [6.45, 7) is 13.2. The van der Waals surface area contributed by atoms with Crippen LogP contribution in [-0.2, 0) is 10.8 Å². The molecule has 2 heterocycles. The van der Waals surface area contributed by atoms with Gasteiger partial charge in [0.1, 0.15) is 6.26 Å². The van der Waals surface area contributed by atoms with Gasteiger partial charge in [0.25, 0.3) is 0 Å². The minimum atomic E-state index is 0.0388. The van der Waals surface area contributed by atoms with Crippen molar-refractivity contribution in [1.82, 2.24) is 9.38 Å². The van der Waals surface area contributed by atoms with Crippen LogP contribution in [0.25, 0.3) is 5.84 Å². The molecule has 0 aliphatic heterocycles. The van der Waals surface area contributed by atoms with Crippen LogP contribution < -0.4 is 0 Å². The van der Waals surface area contributed by atoms with Gasteiger partial charge in [0, 0.05) is 17.0 Å². The van der Waals surface area contributed by atoms with Crippen molar-refractivity contribution in [2.24, 2.45) is 0 Å². The summed E-state index contributed by atoms with van der Waals surface area (Å²) >= 11 is 0. The van der Waals surface area contributed by atoms with Gasteiger partial charge in [-0.2, -0.15) is 4.98 Å². The van der Waals surface area contributed by atoms with E-state index in [0.29, 0.717) is 5.84 Å². The van der Waals surface area contributed by atoms with Gasteiger partial charge in [0.05, 0.1) is 11.4 Å². The van der Waals surface area contributed by atoms with Crippen molar-refractivity contribution in [3.63, 3.8) is 0 Å². The third kappa shape index (κ3) is 1.64. The van der Waals surface area contributed by atoms with Crippen molar-refractivity contribution >= 4 is 5.84 Å². The van der Waals surface area contributed by atoms with Crippen LogP contribution in [-0.4, -0.2) is 9.38 Å². The lowest BCUT2D eigenvalue weighted by molar-refractivity contribution is 0.506. The molecule has 0 unspecified atom stereocenters. The zero-order valence-corrected chi connectivity index (χ0v) is 11.0. The molecule has 0 atom stereocenters. The summed E-state index contributed by atoms with van der Waals surface area (Å²) in [7, 11) is 0. The van der Waals surface area contributed by atoms with Crippen LogP contribution in [0.3, 0.4) is 0 Å². The second kappa shape index (κ2) is 3.12. The Bertz CT molecular complexity index is 506. The first kappa shape index (κ1) is 11.2. The quantitative estimate of drug-likeness (QED) is 0.680. The zero-order valence-electron chi connectivity index (χ0n) is 11.0. The molecule has 3 nitrogen and oxygen atoms in total. The Kier molecular flexibility index (Phi) is 2.19. The van der Waals surface area contributed by atoms with E-state index in [1.807, 2.05) is 6.20 Å². The highest BCUT2D eigenvalue weighted by Gasteiger charge is 2.31. The molecule has 2 aromatic rings. The van der Waals surface area contributed by atoms with Crippen LogP contribution in [0, 0.1) is 0 Å². The van der Waals surface area contributed by atoms with Crippen LogP contribution in [0.4, 0.5) is 0 Å². The third-order valence-electron chi connectivity index (χ3n) is 2.68. The number of hydrogen-bond acceptors (Lipinski definition) is 2. The molecule has 0 amide bonds. The van der Waals surface area contributed by atoms with E-state index in [1.54, 1.807) is 6.26 Å². The van der Waals surface area contributed by atoms with E-state index in [9.17, 15) is 0 Å². The van der Waals surface area contributed by atoms with E-state index in [4.69, 9.17) is 4.42 Å². The fraction of sp³-hybridized carbons (Fsp3) is 0.615. The molecule has 88 valence electrons. The van der Waals surface area contributed by atoms with Crippen molar-refractivity contribution in [2.45, 2.75) is 52.4 Å². The van der Waals surface area contributed by atoms with E-state index in [-0.39, 0.29) is 10.8 Å². The highest BCUT2D eigenvalue weighted by molar-refractivity contribution is 5.39. The summed E-state index contributed by atoms with van der Waals surface area (Å²) in [5.74, 6) is 0.690. The van der Waals surface area contributed by atoms with Crippen molar-refractivity contribution in [2.75, 3.05) is 0 Å². The van der Waals surface area contributed by atoms with Gasteiger partial charge in [-0.25, -0.2) is 0 Å². The maximum absolute atomic E-state index is 5.38. The minimum Gasteiger partial charge on any atom is -0.432 e. The Morgan fingerprint density at radius 2 is 1.69 bits per heavy atom. The number of fused-ring (bicyclic) bond motifs is 1. The van der Waals surface area contributed by atoms with Crippen molar-refractivity contribution in [3.05, 3.63) is 23.8 Å². The van der Waals surface area contributed by atoms with E-state index >= 15 is 0 Å². The maximum Gasteiger partial charge on any atom is 0.306 e. The summed E-state index contributed by atoms with van der Waals surface area (Å²) in [6, 6.07) is 0. The predicted octanol–water partition coefficient (Wildman–Crippen LogP) is 3.52. The van der Waals surface area contributed by atoms with Gasteiger partial charge < -0.3 is 4.42 Å². The Morgan fingerprint density at radius 1 is 1.06 bits per heavy atom. The lowest BCUT2D eigenvalue weighted by atomic mass is 9.82. The van der Waals surface area contributed by atoms with Crippen molar-refractivity contribution < 1.29 is 4.42 Å². The first-order valence-electron chi connectivity index (χ1n) is 5.68. The summed E-state index contributed by atoms with van der Waals surface area (Å²) in [5, 5.41) is 0. The molecule has 0 radical (unpaired) electrons. The maximum atomic E-state index is 5.38. The summed E-state index contributed by atoms with van der Waals surface area (Å²) < 4.78 is 7.44. The first-order chi connectivity index (χ1) is 7.21. The number of hydrogen-bond donors (Lipinski definition) is 0. The molecule has 2 rings (SSSR count). The molecular weight excluding hydrogens is 200 g/mol. The van der Waals surface area contributed by atoms with Crippen LogP contribution in [0.2, 0.25) is 0 Å². The molecular formula is C13H20N2O. The smallest absolute Gasteiger partial charge is 0.306 e. The number of imidazole rings is 1. The standard InChI is InChI=1S/C13H20N2O/c1-12(2,3)9-10(13(4,5)6)15-7-8-16-11(15)14-9/h7-8H,1-6H3. The second-order valence-corrected chi connectivity index (χ2v) is 6.36. The van der Waals surface area contributed by atoms with Gasteiger partial charge in [-0.05, 0) is 0 Å². The average molecular weight is 220 g/mol. The molecule has 0 spiro atoms. The molecule has 0 saturated carbocycles. The molecule has 0 aliphatic carbocycles. The van der Waals surface area contributed by atoms with Crippen LogP contribution in [0.5, 0.6) is 0 Å². The second-order valence-electron chi connectivity index (χ2n) is 6.36. The first-order valence-corrected chi connectivity index (χ1v) is 5.68. The van der Waals surface area contributed by atoms with Gasteiger partial charge in [-0.1, -0.05) is 41.5 Å². The summed E-state index contributed by atoms with van der Waals surface area (Å²) in [5.41, 5.74) is 2.46. The van der Waals surface area contributed by atoms with E-state index in [2.05, 4.69) is 50.9 Å². The molecule has 0 N–H and O–H groups in total. The highest BCUT2D eigenvalue weighted by Crippen LogP contribution is 2.34. The average Bonchev–Trinajstić information content (AvgIpc) is 2.53. The Labute approximate surface area is 96.5 Å². The van der Waals surface area contributed by atoms with E-state index in [1.165, 1.54) is 5.69 Å². The van der Waals surface area contributed by atoms with Crippen LogP contribution >= 0.6 is 0 Å².